The van der Waals surface area contributed by atoms with Gasteiger partial charge in [-0.1, -0.05) is 11.6 Å². The summed E-state index contributed by atoms with van der Waals surface area (Å²) in [5.41, 5.74) is 4.76. The molecule has 2 fully saturated rings. The number of likely N-dealkylation sites (N-methyl/N-ethyl adjacent to an activating group) is 1. The zero-order valence-corrected chi connectivity index (χ0v) is 12.2. The first-order valence-corrected chi connectivity index (χ1v) is 7.21. The molecule has 0 radical (unpaired) electrons. The molecule has 2 rings (SSSR count). The molecule has 0 aromatic rings. The van der Waals surface area contributed by atoms with E-state index in [1.165, 1.54) is 4.90 Å². The monoisotopic (exact) mass is 298 g/mol. The molecule has 1 aliphatic heterocycles. The van der Waals surface area contributed by atoms with Crippen molar-refractivity contribution in [3.8, 4) is 0 Å². The molecule has 21 heavy (non-hydrogen) atoms. The summed E-state index contributed by atoms with van der Waals surface area (Å²) in [7, 11) is 0. The Hall–Kier alpha value is -1.83. The highest BCUT2D eigenvalue weighted by atomic mass is 16.5. The van der Waals surface area contributed by atoms with Gasteiger partial charge in [0.25, 0.3) is 0 Å². The third-order valence-electron chi connectivity index (χ3n) is 4.26. The number of ether oxygens (including phenoxy) is 1. The molecule has 8 heteroatoms. The highest BCUT2D eigenvalue weighted by molar-refractivity contribution is 6.08. The van der Waals surface area contributed by atoms with Crippen molar-refractivity contribution in [1.82, 2.24) is 10.2 Å². The second-order valence-corrected chi connectivity index (χ2v) is 5.40. The van der Waals surface area contributed by atoms with Crippen molar-refractivity contribution < 1.29 is 19.5 Å². The zero-order chi connectivity index (χ0) is 15.5. The predicted molar refractivity (Wildman–Crippen MR) is 74.7 cm³/mol. The number of rotatable bonds is 4. The number of amidine groups is 1. The summed E-state index contributed by atoms with van der Waals surface area (Å²) in [5.74, 6) is -0.553. The molecule has 0 aromatic carbocycles. The van der Waals surface area contributed by atoms with Crippen molar-refractivity contribution in [2.75, 3.05) is 26.3 Å². The van der Waals surface area contributed by atoms with Crippen molar-refractivity contribution >= 4 is 17.6 Å². The fraction of sp³-hybridized carbons (Fsp3) is 0.769. The molecule has 0 bridgehead atoms. The van der Waals surface area contributed by atoms with E-state index in [4.69, 9.17) is 15.7 Å². The van der Waals surface area contributed by atoms with Crippen molar-refractivity contribution in [2.45, 2.75) is 32.2 Å². The third-order valence-corrected chi connectivity index (χ3v) is 4.26. The average Bonchev–Trinajstić information content (AvgIpc) is 2.46. The van der Waals surface area contributed by atoms with Crippen LogP contribution in [0.2, 0.25) is 0 Å². The van der Waals surface area contributed by atoms with Crippen LogP contribution in [0.25, 0.3) is 0 Å². The van der Waals surface area contributed by atoms with Crippen LogP contribution in [-0.2, 0) is 14.3 Å². The number of carbonyl (C=O) groups excluding carboxylic acids is 2. The van der Waals surface area contributed by atoms with E-state index >= 15 is 0 Å². The number of hydrogen-bond acceptors (Lipinski definition) is 5. The molecule has 1 atom stereocenters. The summed E-state index contributed by atoms with van der Waals surface area (Å²) in [6, 6.07) is -0.657. The van der Waals surface area contributed by atoms with Gasteiger partial charge in [-0.05, 0) is 19.8 Å². The second-order valence-electron chi connectivity index (χ2n) is 5.40. The molecule has 2 amide bonds. The quantitative estimate of drug-likeness (QED) is 0.274. The zero-order valence-electron chi connectivity index (χ0n) is 12.2. The lowest BCUT2D eigenvalue weighted by molar-refractivity contribution is -0.156. The van der Waals surface area contributed by atoms with Crippen LogP contribution < -0.4 is 11.1 Å². The van der Waals surface area contributed by atoms with Gasteiger partial charge in [0, 0.05) is 13.1 Å². The molecule has 4 N–H and O–H groups in total. The first kappa shape index (κ1) is 15.6. The lowest BCUT2D eigenvalue weighted by Crippen LogP contribution is -2.63. The molecule has 118 valence electrons. The van der Waals surface area contributed by atoms with Crippen LogP contribution in [0.15, 0.2) is 5.16 Å². The summed E-state index contributed by atoms with van der Waals surface area (Å²) in [6.07, 6.45) is 1.93. The van der Waals surface area contributed by atoms with E-state index in [0.717, 1.165) is 6.42 Å². The topological polar surface area (TPSA) is 117 Å². The number of carbonyl (C=O) groups is 2. The minimum Gasteiger partial charge on any atom is -0.409 e. The number of hydrogen-bond donors (Lipinski definition) is 3. The Balaban J connectivity index is 2.20. The molecule has 8 nitrogen and oxygen atoms in total. The van der Waals surface area contributed by atoms with E-state index in [9.17, 15) is 9.59 Å². The van der Waals surface area contributed by atoms with Gasteiger partial charge in [0.1, 0.15) is 11.5 Å². The van der Waals surface area contributed by atoms with Crippen molar-refractivity contribution in [3.05, 3.63) is 0 Å². The molecule has 1 unspecified atom stereocenters. The largest absolute Gasteiger partial charge is 0.409 e. The number of amides is 2. The summed E-state index contributed by atoms with van der Waals surface area (Å²) >= 11 is 0. The maximum absolute atomic E-state index is 12.8. The van der Waals surface area contributed by atoms with Crippen molar-refractivity contribution in [3.63, 3.8) is 0 Å². The van der Waals surface area contributed by atoms with E-state index in [-0.39, 0.29) is 24.3 Å². The van der Waals surface area contributed by atoms with Gasteiger partial charge in [0.2, 0.25) is 11.8 Å². The number of nitrogens with one attached hydrogen (secondary N) is 1. The number of morpholine rings is 1. The minimum atomic E-state index is -0.961. The fourth-order valence-electron chi connectivity index (χ4n) is 2.84. The predicted octanol–water partition coefficient (Wildman–Crippen LogP) is -0.733. The first-order valence-electron chi connectivity index (χ1n) is 7.21. The maximum Gasteiger partial charge on any atom is 0.245 e. The lowest BCUT2D eigenvalue weighted by Gasteiger charge is -2.45. The molecule has 1 heterocycles. The summed E-state index contributed by atoms with van der Waals surface area (Å²) in [4.78, 5) is 26.4. The molecule has 0 aromatic heterocycles. The Kier molecular flexibility index (Phi) is 4.66. The van der Waals surface area contributed by atoms with Crippen molar-refractivity contribution in [1.29, 1.82) is 0 Å². The normalized spacial score (nSPS) is 25.1. The van der Waals surface area contributed by atoms with Crippen LogP contribution in [-0.4, -0.2) is 60.1 Å². The van der Waals surface area contributed by atoms with Gasteiger partial charge in [-0.2, -0.15) is 0 Å². The van der Waals surface area contributed by atoms with E-state index < -0.39 is 11.5 Å². The molecule has 0 spiro atoms. The van der Waals surface area contributed by atoms with Gasteiger partial charge in [-0.3, -0.25) is 9.59 Å². The molecule has 2 aliphatic rings. The smallest absolute Gasteiger partial charge is 0.245 e. The van der Waals surface area contributed by atoms with Crippen molar-refractivity contribution in [2.24, 2.45) is 16.3 Å². The van der Waals surface area contributed by atoms with Gasteiger partial charge in [-0.15, -0.1) is 0 Å². The highest BCUT2D eigenvalue weighted by Gasteiger charge is 2.52. The molecule has 1 saturated heterocycles. The van der Waals surface area contributed by atoms with Crippen LogP contribution in [0, 0.1) is 5.41 Å². The minimum absolute atomic E-state index is 0.0695. The summed E-state index contributed by atoms with van der Waals surface area (Å²) in [6.45, 7) is 3.19. The Morgan fingerprint density at radius 1 is 1.52 bits per heavy atom. The van der Waals surface area contributed by atoms with E-state index in [2.05, 4.69) is 10.5 Å². The van der Waals surface area contributed by atoms with E-state index in [1.807, 2.05) is 6.92 Å². The summed E-state index contributed by atoms with van der Waals surface area (Å²) < 4.78 is 5.32. The van der Waals surface area contributed by atoms with Gasteiger partial charge in [0.05, 0.1) is 13.2 Å². The standard InChI is InChI=1S/C13H22N4O4/c1-2-15-10(18)9-8-21-7-6-17(9)12(19)13(4-3-5-13)11(14)16-20/h9,20H,2-8H2,1H3,(H2,14,16)(H,15,18). The number of oxime groups is 1. The lowest BCUT2D eigenvalue weighted by atomic mass is 9.66. The Labute approximate surface area is 123 Å². The van der Waals surface area contributed by atoms with Crippen LogP contribution in [0.5, 0.6) is 0 Å². The van der Waals surface area contributed by atoms with E-state index in [0.29, 0.717) is 32.5 Å². The molecular formula is C13H22N4O4. The Morgan fingerprint density at radius 2 is 2.24 bits per heavy atom. The molecular weight excluding hydrogens is 276 g/mol. The SMILES string of the molecule is CCNC(=O)C1COCCN1C(=O)C1(C(N)=NO)CCC1. The fourth-order valence-corrected chi connectivity index (χ4v) is 2.84. The molecule has 1 aliphatic carbocycles. The number of nitrogens with two attached hydrogens (primary N) is 1. The van der Waals surface area contributed by atoms with Gasteiger partial charge in [0.15, 0.2) is 5.84 Å². The average molecular weight is 298 g/mol. The third kappa shape index (κ3) is 2.67. The highest BCUT2D eigenvalue weighted by Crippen LogP contribution is 2.43. The van der Waals surface area contributed by atoms with Crippen LogP contribution in [0.3, 0.4) is 0 Å². The maximum atomic E-state index is 12.8. The Bertz CT molecular complexity index is 447. The van der Waals surface area contributed by atoms with E-state index in [1.54, 1.807) is 0 Å². The van der Waals surface area contributed by atoms with Gasteiger partial charge < -0.3 is 25.9 Å². The van der Waals surface area contributed by atoms with Gasteiger partial charge >= 0.3 is 0 Å². The first-order chi connectivity index (χ1) is 10.1. The summed E-state index contributed by atoms with van der Waals surface area (Å²) in [5, 5.41) is 14.7. The molecule has 1 saturated carbocycles. The van der Waals surface area contributed by atoms with Crippen LogP contribution >= 0.6 is 0 Å². The van der Waals surface area contributed by atoms with Crippen LogP contribution in [0.4, 0.5) is 0 Å². The van der Waals surface area contributed by atoms with Gasteiger partial charge in [-0.25, -0.2) is 0 Å². The second kappa shape index (κ2) is 6.30. The Morgan fingerprint density at radius 3 is 2.76 bits per heavy atom. The van der Waals surface area contributed by atoms with Crippen LogP contribution in [0.1, 0.15) is 26.2 Å². The number of nitrogens with zero attached hydrogens (tertiary/aromatic N) is 2.